The van der Waals surface area contributed by atoms with E-state index in [0.717, 1.165) is 25.7 Å². The van der Waals surface area contributed by atoms with Crippen molar-refractivity contribution in [2.45, 2.75) is 31.7 Å². The maximum atomic E-state index is 11.5. The van der Waals surface area contributed by atoms with Crippen LogP contribution in [-0.2, 0) is 25.9 Å². The molecule has 1 aliphatic rings. The van der Waals surface area contributed by atoms with Crippen molar-refractivity contribution in [2.75, 3.05) is 13.6 Å². The number of hydrazone groups is 1. The van der Waals surface area contributed by atoms with Gasteiger partial charge in [0.25, 0.3) is 0 Å². The molecule has 0 saturated heterocycles. The van der Waals surface area contributed by atoms with Gasteiger partial charge in [-0.3, -0.25) is 4.79 Å². The summed E-state index contributed by atoms with van der Waals surface area (Å²) < 4.78 is 0. The fourth-order valence-corrected chi connectivity index (χ4v) is 2.30. The molecule has 1 fully saturated rings. The van der Waals surface area contributed by atoms with Crippen molar-refractivity contribution in [2.24, 2.45) is 22.7 Å². The number of amides is 3. The fourth-order valence-electron chi connectivity index (χ4n) is 2.30. The van der Waals surface area contributed by atoms with Gasteiger partial charge in [0, 0.05) is 25.7 Å². The van der Waals surface area contributed by atoms with Crippen LogP contribution in [0.1, 0.15) is 25.7 Å². The quantitative estimate of drug-likeness (QED) is 0.260. The molecule has 3 amide bonds. The number of carbonyl (C=O) groups is 2. The second-order valence-electron chi connectivity index (χ2n) is 5.10. The van der Waals surface area contributed by atoms with Crippen LogP contribution in [-0.4, -0.2) is 37.8 Å². The second kappa shape index (κ2) is 10.7. The average molecular weight is 466 g/mol. The third-order valence-electron chi connectivity index (χ3n) is 3.45. The molecule has 8 heteroatoms. The molecule has 0 spiro atoms. The molecule has 1 atom stereocenters. The standard InChI is InChI=1S/C13H24N5O2.W/c1-9(14)7-17-18-13(20)16-8-10-3-5-11(6-4-10)12(19)15-2;/h7,9-11H,1,3-6,8,14H2,2H3,(H,15,19)(H2,16,18,20);/q-1;+2/b17-7+;. The van der Waals surface area contributed by atoms with E-state index in [-0.39, 0.29) is 38.9 Å². The van der Waals surface area contributed by atoms with Gasteiger partial charge in [-0.2, -0.15) is 5.10 Å². The molecule has 1 rings (SSSR count). The summed E-state index contributed by atoms with van der Waals surface area (Å²) in [7, 11) is 1.67. The Balaban J connectivity index is 0.00000400. The first-order valence-corrected chi connectivity index (χ1v) is 6.90. The Labute approximate surface area is 140 Å². The SMILES string of the molecule is [CH2-]C(N)/C=N/NC(=O)NCC1CCC(C(=O)NC)CC1.[W+2]. The number of hydrogen-bond acceptors (Lipinski definition) is 4. The average Bonchev–Trinajstić information content (AvgIpc) is 2.44. The Morgan fingerprint density at radius 1 is 1.38 bits per heavy atom. The number of nitrogens with zero attached hydrogens (tertiary/aromatic N) is 1. The maximum Gasteiger partial charge on any atom is 2.00 e. The molecule has 7 nitrogen and oxygen atoms in total. The predicted molar refractivity (Wildman–Crippen MR) is 77.9 cm³/mol. The van der Waals surface area contributed by atoms with Gasteiger partial charge in [0.05, 0.1) is 0 Å². The van der Waals surface area contributed by atoms with Gasteiger partial charge in [-0.05, 0) is 31.6 Å². The first kappa shape index (κ1) is 20.1. The van der Waals surface area contributed by atoms with E-state index in [1.165, 1.54) is 6.21 Å². The van der Waals surface area contributed by atoms with Crippen molar-refractivity contribution < 1.29 is 30.7 Å². The van der Waals surface area contributed by atoms with Gasteiger partial charge >= 0.3 is 27.1 Å². The molecule has 0 bridgehead atoms. The van der Waals surface area contributed by atoms with Crippen LogP contribution in [0.2, 0.25) is 0 Å². The molecular formula is C13H24N5O2W+. The minimum absolute atomic E-state index is 0. The Morgan fingerprint density at radius 3 is 2.52 bits per heavy atom. The molecule has 1 unspecified atom stereocenters. The molecule has 0 aromatic rings. The summed E-state index contributed by atoms with van der Waals surface area (Å²) in [6, 6.07) is -0.786. The largest absolute Gasteiger partial charge is 2.00 e. The third kappa shape index (κ3) is 8.17. The van der Waals surface area contributed by atoms with E-state index < -0.39 is 6.04 Å². The van der Waals surface area contributed by atoms with E-state index in [0.29, 0.717) is 12.5 Å². The molecule has 5 N–H and O–H groups in total. The number of urea groups is 1. The Morgan fingerprint density at radius 2 is 2.00 bits per heavy atom. The van der Waals surface area contributed by atoms with Crippen molar-refractivity contribution in [3.63, 3.8) is 0 Å². The monoisotopic (exact) mass is 466 g/mol. The third-order valence-corrected chi connectivity index (χ3v) is 3.45. The van der Waals surface area contributed by atoms with Crippen LogP contribution >= 0.6 is 0 Å². The van der Waals surface area contributed by atoms with Gasteiger partial charge in [-0.15, -0.1) is 0 Å². The van der Waals surface area contributed by atoms with E-state index in [9.17, 15) is 9.59 Å². The summed E-state index contributed by atoms with van der Waals surface area (Å²) in [6.45, 7) is 4.10. The maximum absolute atomic E-state index is 11.5. The zero-order valence-electron chi connectivity index (χ0n) is 12.3. The summed E-state index contributed by atoms with van der Waals surface area (Å²) in [5.74, 6) is 0.655. The van der Waals surface area contributed by atoms with E-state index in [4.69, 9.17) is 5.73 Å². The minimum Gasteiger partial charge on any atom is -0.359 e. The van der Waals surface area contributed by atoms with Crippen LogP contribution < -0.4 is 21.8 Å². The molecule has 0 aromatic heterocycles. The summed E-state index contributed by atoms with van der Waals surface area (Å²) in [5.41, 5.74) is 7.68. The van der Waals surface area contributed by atoms with Crippen LogP contribution in [0.25, 0.3) is 0 Å². The normalized spacial score (nSPS) is 23.0. The topological polar surface area (TPSA) is 109 Å². The molecule has 1 aliphatic carbocycles. The number of rotatable bonds is 5. The van der Waals surface area contributed by atoms with E-state index in [1.54, 1.807) is 7.05 Å². The molecule has 0 radical (unpaired) electrons. The molecule has 1 saturated carbocycles. The molecule has 0 aromatic carbocycles. The van der Waals surface area contributed by atoms with Crippen molar-refractivity contribution >= 4 is 18.2 Å². The summed E-state index contributed by atoms with van der Waals surface area (Å²) >= 11 is 0. The number of nitrogens with one attached hydrogen (secondary N) is 3. The van der Waals surface area contributed by atoms with Crippen molar-refractivity contribution in [3.05, 3.63) is 6.92 Å². The Bertz CT molecular complexity index is 354. The number of hydrogen-bond donors (Lipinski definition) is 4. The fraction of sp³-hybridized carbons (Fsp3) is 0.692. The van der Waals surface area contributed by atoms with Crippen molar-refractivity contribution in [3.8, 4) is 0 Å². The van der Waals surface area contributed by atoms with Gasteiger partial charge < -0.3 is 23.3 Å². The molecule has 0 heterocycles. The van der Waals surface area contributed by atoms with Gasteiger partial charge in [-0.25, -0.2) is 10.2 Å². The van der Waals surface area contributed by atoms with Crippen LogP contribution in [0.5, 0.6) is 0 Å². The van der Waals surface area contributed by atoms with E-state index in [1.807, 2.05) is 0 Å². The molecule has 0 aliphatic heterocycles. The molecule has 21 heavy (non-hydrogen) atoms. The van der Waals surface area contributed by atoms with Gasteiger partial charge in [-0.1, -0.05) is 6.04 Å². The molecule has 118 valence electrons. The van der Waals surface area contributed by atoms with Crippen molar-refractivity contribution in [1.29, 1.82) is 0 Å². The van der Waals surface area contributed by atoms with E-state index >= 15 is 0 Å². The van der Waals surface area contributed by atoms with Crippen LogP contribution in [0, 0.1) is 18.8 Å². The molecular weight excluding hydrogens is 442 g/mol. The van der Waals surface area contributed by atoms with Gasteiger partial charge in [0.15, 0.2) is 0 Å². The number of carbonyl (C=O) groups excluding carboxylic acids is 2. The minimum atomic E-state index is -0.435. The first-order valence-electron chi connectivity index (χ1n) is 6.90. The summed E-state index contributed by atoms with van der Waals surface area (Å²) in [6.07, 6.45) is 5.01. The van der Waals surface area contributed by atoms with Gasteiger partial charge in [0.2, 0.25) is 5.91 Å². The van der Waals surface area contributed by atoms with Crippen molar-refractivity contribution in [1.82, 2.24) is 16.1 Å². The Hall–Kier alpha value is -0.942. The van der Waals surface area contributed by atoms with Crippen LogP contribution in [0.4, 0.5) is 4.79 Å². The first-order chi connectivity index (χ1) is 9.52. The number of nitrogens with two attached hydrogens (primary N) is 1. The van der Waals surface area contributed by atoms with Crippen LogP contribution in [0.3, 0.4) is 0 Å². The zero-order valence-corrected chi connectivity index (χ0v) is 15.2. The van der Waals surface area contributed by atoms with E-state index in [2.05, 4.69) is 28.1 Å². The summed E-state index contributed by atoms with van der Waals surface area (Å²) in [5, 5.41) is 9.09. The van der Waals surface area contributed by atoms with Crippen LogP contribution in [0.15, 0.2) is 5.10 Å². The Kier molecular flexibility index (Phi) is 10.3. The smallest absolute Gasteiger partial charge is 0.359 e. The van der Waals surface area contributed by atoms with Gasteiger partial charge in [0.1, 0.15) is 0 Å². The summed E-state index contributed by atoms with van der Waals surface area (Å²) in [4.78, 5) is 22.9. The predicted octanol–water partition coefficient (Wildman–Crippen LogP) is -0.0173. The second-order valence-corrected chi connectivity index (χ2v) is 5.10. The zero-order chi connectivity index (χ0) is 15.0.